The third kappa shape index (κ3) is 9.25. The Balaban J connectivity index is 2.24. The summed E-state index contributed by atoms with van der Waals surface area (Å²) in [6, 6.07) is 0.0292. The van der Waals surface area contributed by atoms with Gasteiger partial charge in [0.2, 0.25) is 12.2 Å². The SMILES string of the molecule is CCCCC/C=C/C1C2(CCCCCCCCC2N=C=O)CCC(CCCCC)C12CCCCCCCCC2N=C=O. The molecular formula is C38H64N2O2. The van der Waals surface area contributed by atoms with E-state index in [0.717, 1.165) is 51.4 Å². The summed E-state index contributed by atoms with van der Waals surface area (Å²) in [5.74, 6) is 0.841. The third-order valence-electron chi connectivity index (χ3n) is 11.8. The molecule has 42 heavy (non-hydrogen) atoms. The Hall–Kier alpha value is -1.50. The highest BCUT2D eigenvalue weighted by molar-refractivity contribution is 5.36. The average molecular weight is 581 g/mol. The Bertz CT molecular complexity index is 872. The van der Waals surface area contributed by atoms with Gasteiger partial charge in [-0.15, -0.1) is 0 Å². The van der Waals surface area contributed by atoms with Crippen molar-refractivity contribution in [1.82, 2.24) is 0 Å². The van der Waals surface area contributed by atoms with Crippen molar-refractivity contribution >= 4 is 12.2 Å². The van der Waals surface area contributed by atoms with Crippen molar-refractivity contribution in [2.45, 2.75) is 193 Å². The third-order valence-corrected chi connectivity index (χ3v) is 11.8. The molecule has 0 aliphatic heterocycles. The van der Waals surface area contributed by atoms with Crippen LogP contribution in [0.3, 0.4) is 0 Å². The highest BCUT2D eigenvalue weighted by atomic mass is 16.1. The van der Waals surface area contributed by atoms with Crippen molar-refractivity contribution < 1.29 is 9.59 Å². The maximum atomic E-state index is 12.2. The second-order valence-corrected chi connectivity index (χ2v) is 14.3. The van der Waals surface area contributed by atoms with Gasteiger partial charge in [-0.3, -0.25) is 0 Å². The van der Waals surface area contributed by atoms with Gasteiger partial charge in [0.15, 0.2) is 0 Å². The first kappa shape index (κ1) is 35.0. The summed E-state index contributed by atoms with van der Waals surface area (Å²) < 4.78 is 0. The van der Waals surface area contributed by atoms with Crippen LogP contribution in [0.25, 0.3) is 0 Å². The summed E-state index contributed by atoms with van der Waals surface area (Å²) in [6.45, 7) is 4.58. The molecule has 3 rings (SSSR count). The number of aliphatic imine (C=N–C) groups is 2. The molecule has 0 aromatic heterocycles. The van der Waals surface area contributed by atoms with Crippen LogP contribution in [0.1, 0.15) is 181 Å². The molecule has 0 amide bonds. The molecule has 0 N–H and O–H groups in total. The molecule has 4 heteroatoms. The molecule has 0 aromatic carbocycles. The number of allylic oxidation sites excluding steroid dienone is 2. The zero-order chi connectivity index (χ0) is 29.9. The highest BCUT2D eigenvalue weighted by Crippen LogP contribution is 2.65. The molecule has 0 saturated heterocycles. The minimum absolute atomic E-state index is 0.0125. The molecule has 3 aliphatic rings. The van der Waals surface area contributed by atoms with E-state index in [1.807, 2.05) is 0 Å². The standard InChI is InChI=1S/C38H64N2O2/c1-3-5-7-12-18-24-34-37(28-21-15-10-8-13-19-25-35(37)39-31-41)30-27-33(23-17-6-4-2)38(34)29-22-16-11-9-14-20-26-36(38)40-32-42/h18,24,33-36H,3-17,19-23,25-30H2,1-2H3/b24-18+. The van der Waals surface area contributed by atoms with E-state index < -0.39 is 0 Å². The smallest absolute Gasteiger partial charge is 0.211 e. The lowest BCUT2D eigenvalue weighted by Crippen LogP contribution is -2.59. The van der Waals surface area contributed by atoms with Gasteiger partial charge in [-0.1, -0.05) is 135 Å². The lowest BCUT2D eigenvalue weighted by molar-refractivity contribution is -0.0980. The van der Waals surface area contributed by atoms with Crippen molar-refractivity contribution in [1.29, 1.82) is 0 Å². The Morgan fingerprint density at radius 1 is 0.643 bits per heavy atom. The van der Waals surface area contributed by atoms with Gasteiger partial charge in [0.05, 0.1) is 12.1 Å². The normalized spacial score (nSPS) is 33.6. The van der Waals surface area contributed by atoms with Crippen LogP contribution in [0.15, 0.2) is 22.1 Å². The van der Waals surface area contributed by atoms with Gasteiger partial charge in [-0.25, -0.2) is 19.6 Å². The van der Waals surface area contributed by atoms with Gasteiger partial charge < -0.3 is 0 Å². The lowest BCUT2D eigenvalue weighted by Gasteiger charge is -2.62. The van der Waals surface area contributed by atoms with Crippen molar-refractivity contribution in [3.8, 4) is 0 Å². The van der Waals surface area contributed by atoms with E-state index in [9.17, 15) is 9.59 Å². The van der Waals surface area contributed by atoms with E-state index in [1.165, 1.54) is 116 Å². The molecule has 238 valence electrons. The van der Waals surface area contributed by atoms with E-state index in [4.69, 9.17) is 9.98 Å². The van der Waals surface area contributed by atoms with E-state index >= 15 is 0 Å². The molecule has 6 unspecified atom stereocenters. The average Bonchev–Trinajstić information content (AvgIpc) is 3.00. The maximum absolute atomic E-state index is 12.2. The van der Waals surface area contributed by atoms with Gasteiger partial charge in [0.25, 0.3) is 0 Å². The van der Waals surface area contributed by atoms with Crippen LogP contribution in [0.2, 0.25) is 0 Å². The van der Waals surface area contributed by atoms with E-state index in [1.54, 1.807) is 0 Å². The van der Waals surface area contributed by atoms with Gasteiger partial charge >= 0.3 is 0 Å². The van der Waals surface area contributed by atoms with E-state index in [0.29, 0.717) is 5.92 Å². The van der Waals surface area contributed by atoms with E-state index in [2.05, 4.69) is 38.2 Å². The fourth-order valence-electron chi connectivity index (χ4n) is 9.69. The van der Waals surface area contributed by atoms with Gasteiger partial charge in [0.1, 0.15) is 0 Å². The summed E-state index contributed by atoms with van der Waals surface area (Å²) in [4.78, 5) is 33.8. The first-order valence-corrected chi connectivity index (χ1v) is 18.5. The molecule has 0 heterocycles. The Kier molecular flexibility index (Phi) is 16.4. The molecule has 3 fully saturated rings. The second kappa shape index (κ2) is 19.7. The van der Waals surface area contributed by atoms with Crippen LogP contribution in [0.5, 0.6) is 0 Å². The number of unbranched alkanes of at least 4 members (excludes halogenated alkanes) is 5. The molecule has 6 atom stereocenters. The van der Waals surface area contributed by atoms with Gasteiger partial charge in [-0.05, 0) is 69.6 Å². The minimum atomic E-state index is -0.0667. The number of carbonyl (C=O) groups excluding carboxylic acids is 2. The summed E-state index contributed by atoms with van der Waals surface area (Å²) in [6.07, 6.45) is 40.7. The largest absolute Gasteiger partial charge is 0.235 e. The first-order valence-electron chi connectivity index (χ1n) is 18.5. The zero-order valence-corrected chi connectivity index (χ0v) is 27.6. The number of hydrogen-bond acceptors (Lipinski definition) is 4. The first-order chi connectivity index (χ1) is 20.7. The molecule has 2 spiro atoms. The number of hydrogen-bond donors (Lipinski definition) is 0. The van der Waals surface area contributed by atoms with Gasteiger partial charge in [0, 0.05) is 10.8 Å². The Morgan fingerprint density at radius 2 is 1.21 bits per heavy atom. The molecule has 4 nitrogen and oxygen atoms in total. The molecule has 0 aromatic rings. The second-order valence-electron chi connectivity index (χ2n) is 14.3. The quantitative estimate of drug-likeness (QED) is 0.106. The van der Waals surface area contributed by atoms with Gasteiger partial charge in [-0.2, -0.15) is 0 Å². The topological polar surface area (TPSA) is 58.9 Å². The Labute approximate surface area is 259 Å². The molecular weight excluding hydrogens is 516 g/mol. The van der Waals surface area contributed by atoms with E-state index in [-0.39, 0.29) is 28.8 Å². The van der Waals surface area contributed by atoms with Crippen LogP contribution in [-0.4, -0.2) is 24.2 Å². The Morgan fingerprint density at radius 3 is 1.88 bits per heavy atom. The number of nitrogens with zero attached hydrogens (tertiary/aromatic N) is 2. The summed E-state index contributed by atoms with van der Waals surface area (Å²) >= 11 is 0. The number of isocyanates is 2. The summed E-state index contributed by atoms with van der Waals surface area (Å²) in [7, 11) is 0. The fourth-order valence-corrected chi connectivity index (χ4v) is 9.69. The monoisotopic (exact) mass is 580 g/mol. The predicted octanol–water partition coefficient (Wildman–Crippen LogP) is 11.4. The zero-order valence-electron chi connectivity index (χ0n) is 27.6. The predicted molar refractivity (Wildman–Crippen MR) is 176 cm³/mol. The molecule has 0 bridgehead atoms. The number of rotatable bonds is 11. The van der Waals surface area contributed by atoms with Crippen LogP contribution in [0, 0.1) is 22.7 Å². The van der Waals surface area contributed by atoms with Crippen LogP contribution in [0.4, 0.5) is 0 Å². The summed E-state index contributed by atoms with van der Waals surface area (Å²) in [5.41, 5.74) is -0.124. The summed E-state index contributed by atoms with van der Waals surface area (Å²) in [5, 5.41) is 0. The maximum Gasteiger partial charge on any atom is 0.235 e. The van der Waals surface area contributed by atoms with Crippen molar-refractivity contribution in [3.05, 3.63) is 12.2 Å². The molecule has 3 aliphatic carbocycles. The molecule has 0 radical (unpaired) electrons. The lowest BCUT2D eigenvalue weighted by atomic mass is 9.43. The van der Waals surface area contributed by atoms with Crippen molar-refractivity contribution in [2.24, 2.45) is 32.7 Å². The fraction of sp³-hybridized carbons (Fsp3) is 0.895. The van der Waals surface area contributed by atoms with Crippen LogP contribution < -0.4 is 0 Å². The van der Waals surface area contributed by atoms with Crippen molar-refractivity contribution in [3.63, 3.8) is 0 Å². The molecule has 3 saturated carbocycles. The highest BCUT2D eigenvalue weighted by Gasteiger charge is 2.61. The van der Waals surface area contributed by atoms with Crippen LogP contribution in [-0.2, 0) is 9.59 Å². The minimum Gasteiger partial charge on any atom is -0.211 e. The van der Waals surface area contributed by atoms with Crippen LogP contribution >= 0.6 is 0 Å². The van der Waals surface area contributed by atoms with Crippen molar-refractivity contribution in [2.75, 3.05) is 0 Å².